The van der Waals surface area contributed by atoms with E-state index >= 15 is 0 Å². The number of para-hydroxylation sites is 1. The molecular weight excluding hydrogens is 361 g/mol. The third kappa shape index (κ3) is 4.72. The fraction of sp³-hybridized carbons (Fsp3) is 0.696. The Balaban J connectivity index is 0.000000583. The zero-order valence-electron chi connectivity index (χ0n) is 18.7. The van der Waals surface area contributed by atoms with Gasteiger partial charge < -0.3 is 4.57 Å². The van der Waals surface area contributed by atoms with Crippen LogP contribution in [-0.2, 0) is 5.41 Å². The van der Waals surface area contributed by atoms with E-state index in [-0.39, 0.29) is 18.0 Å². The second-order valence-corrected chi connectivity index (χ2v) is 8.08. The summed E-state index contributed by atoms with van der Waals surface area (Å²) in [6, 6.07) is 4.81. The van der Waals surface area contributed by atoms with Crippen LogP contribution in [-0.4, -0.2) is 15.5 Å². The van der Waals surface area contributed by atoms with E-state index < -0.39 is 23.1 Å². The number of unbranched alkanes of at least 4 members (excludes halogenated alkanes) is 1. The molecule has 1 aromatic carbocycles. The van der Waals surface area contributed by atoms with Crippen LogP contribution < -0.4 is 0 Å². The van der Waals surface area contributed by atoms with Crippen molar-refractivity contribution in [3.8, 4) is 0 Å². The predicted molar refractivity (Wildman–Crippen MR) is 113 cm³/mol. The van der Waals surface area contributed by atoms with E-state index in [0.717, 1.165) is 0 Å². The van der Waals surface area contributed by atoms with Crippen molar-refractivity contribution in [1.82, 2.24) is 9.55 Å². The number of fused-ring (bicyclic) bond motifs is 1. The van der Waals surface area contributed by atoms with Crippen LogP contribution in [0.4, 0.5) is 13.2 Å². The van der Waals surface area contributed by atoms with Gasteiger partial charge in [-0.1, -0.05) is 60.5 Å². The Bertz CT molecular complexity index is 746. The maximum Gasteiger partial charge on any atom is 0.251 e. The monoisotopic (exact) mass is 398 g/mol. The second-order valence-electron chi connectivity index (χ2n) is 8.08. The Morgan fingerprint density at radius 2 is 1.75 bits per heavy atom. The van der Waals surface area contributed by atoms with Crippen LogP contribution in [0.5, 0.6) is 0 Å². The highest BCUT2D eigenvalue weighted by Crippen LogP contribution is 2.53. The molecule has 1 aliphatic carbocycles. The molecule has 0 bridgehead atoms. The number of rotatable bonds is 4. The summed E-state index contributed by atoms with van der Waals surface area (Å²) in [5.74, 6) is -3.28. The molecule has 0 amide bonds. The van der Waals surface area contributed by atoms with Gasteiger partial charge in [-0.05, 0) is 32.4 Å². The number of alkyl halides is 2. The molecule has 0 saturated heterocycles. The molecule has 1 aromatic heterocycles. The smallest absolute Gasteiger partial charge is 0.251 e. The van der Waals surface area contributed by atoms with E-state index in [9.17, 15) is 13.2 Å². The quantitative estimate of drug-likeness (QED) is 0.511. The van der Waals surface area contributed by atoms with Crippen molar-refractivity contribution in [2.45, 2.75) is 98.5 Å². The first-order valence-electron chi connectivity index (χ1n) is 10.6. The van der Waals surface area contributed by atoms with Gasteiger partial charge in [0.25, 0.3) is 5.92 Å². The van der Waals surface area contributed by atoms with Gasteiger partial charge in [-0.25, -0.2) is 18.2 Å². The van der Waals surface area contributed by atoms with Crippen LogP contribution in [0.25, 0.3) is 11.0 Å². The Labute approximate surface area is 168 Å². The molecule has 0 spiro atoms. The Kier molecular flexibility index (Phi) is 8.58. The summed E-state index contributed by atoms with van der Waals surface area (Å²) in [5.41, 5.74) is 0.125. The molecule has 2 aromatic rings. The normalized spacial score (nSPS) is 18.1. The summed E-state index contributed by atoms with van der Waals surface area (Å²) in [6.07, 6.45) is 3.04. The first kappa shape index (κ1) is 24.5. The molecule has 0 aliphatic heterocycles. The number of hydrogen-bond donors (Lipinski definition) is 0. The predicted octanol–water partition coefficient (Wildman–Crippen LogP) is 7.91. The highest BCUT2D eigenvalue weighted by molar-refractivity contribution is 5.77. The topological polar surface area (TPSA) is 17.8 Å². The van der Waals surface area contributed by atoms with Gasteiger partial charge in [0.1, 0.15) is 11.3 Å². The molecular formula is C23H37F3N2. The summed E-state index contributed by atoms with van der Waals surface area (Å²) >= 11 is 0. The van der Waals surface area contributed by atoms with Crippen molar-refractivity contribution in [3.05, 3.63) is 29.8 Å². The van der Waals surface area contributed by atoms with Crippen molar-refractivity contribution in [2.75, 3.05) is 0 Å². The minimum Gasteiger partial charge on any atom is -0.325 e. The molecule has 3 rings (SSSR count). The van der Waals surface area contributed by atoms with Gasteiger partial charge >= 0.3 is 0 Å². The summed E-state index contributed by atoms with van der Waals surface area (Å²) < 4.78 is 43.8. The summed E-state index contributed by atoms with van der Waals surface area (Å²) in [4.78, 5) is 4.43. The lowest BCUT2D eigenvalue weighted by Crippen LogP contribution is -2.50. The lowest BCUT2D eigenvalue weighted by molar-refractivity contribution is -0.158. The molecule has 1 unspecified atom stereocenters. The van der Waals surface area contributed by atoms with Gasteiger partial charge in [0, 0.05) is 23.8 Å². The fourth-order valence-corrected chi connectivity index (χ4v) is 3.61. The Hall–Kier alpha value is -1.52. The zero-order valence-corrected chi connectivity index (χ0v) is 18.7. The number of hydrogen-bond acceptors (Lipinski definition) is 1. The fourth-order valence-electron chi connectivity index (χ4n) is 3.61. The zero-order chi connectivity index (χ0) is 21.7. The molecule has 0 radical (unpaired) electrons. The van der Waals surface area contributed by atoms with Gasteiger partial charge in [0.05, 0.1) is 5.52 Å². The van der Waals surface area contributed by atoms with Crippen molar-refractivity contribution in [2.24, 2.45) is 5.92 Å². The van der Waals surface area contributed by atoms with E-state index in [2.05, 4.69) is 18.8 Å². The van der Waals surface area contributed by atoms with Crippen LogP contribution in [0.15, 0.2) is 18.2 Å². The number of imidazole rings is 1. The average Bonchev–Trinajstić information content (AvgIpc) is 3.04. The Morgan fingerprint density at radius 1 is 1.18 bits per heavy atom. The summed E-state index contributed by atoms with van der Waals surface area (Å²) in [5, 5.41) is 0. The molecule has 1 fully saturated rings. The molecule has 160 valence electrons. The van der Waals surface area contributed by atoms with Crippen LogP contribution in [0.1, 0.15) is 92.9 Å². The molecule has 1 heterocycles. The van der Waals surface area contributed by atoms with E-state index in [4.69, 9.17) is 0 Å². The standard InChI is InChI=1S/C17H21F3N2.C4H10.C2H6/c1-10(2)22-12-7-5-6-11(18)14(12)21-15(22)16(3,4)13-8-9-17(13,19)20;1-3-4-2;1-2/h5-7,10,13H,8-9H2,1-4H3;3-4H2,1-2H3;1-2H3. The molecule has 28 heavy (non-hydrogen) atoms. The van der Waals surface area contributed by atoms with Gasteiger partial charge in [-0.3, -0.25) is 0 Å². The lowest BCUT2D eigenvalue weighted by atomic mass is 9.64. The SMILES string of the molecule is CC.CC(C)n1c(C(C)(C)C2CCC2(F)F)nc2c(F)cccc21.CCCC. The van der Waals surface area contributed by atoms with Crippen molar-refractivity contribution >= 4 is 11.0 Å². The van der Waals surface area contributed by atoms with Crippen molar-refractivity contribution in [1.29, 1.82) is 0 Å². The van der Waals surface area contributed by atoms with Crippen molar-refractivity contribution < 1.29 is 13.2 Å². The van der Waals surface area contributed by atoms with Crippen LogP contribution in [0.2, 0.25) is 0 Å². The molecule has 1 aliphatic rings. The summed E-state index contributed by atoms with van der Waals surface area (Å²) in [7, 11) is 0. The second kappa shape index (κ2) is 9.80. The highest BCUT2D eigenvalue weighted by Gasteiger charge is 2.57. The maximum atomic E-state index is 14.1. The minimum atomic E-state index is -2.66. The first-order valence-corrected chi connectivity index (χ1v) is 10.6. The van der Waals surface area contributed by atoms with Gasteiger partial charge in [-0.2, -0.15) is 0 Å². The average molecular weight is 399 g/mol. The summed E-state index contributed by atoms with van der Waals surface area (Å²) in [6.45, 7) is 15.9. The molecule has 2 nitrogen and oxygen atoms in total. The lowest BCUT2D eigenvalue weighted by Gasteiger charge is -2.46. The third-order valence-corrected chi connectivity index (χ3v) is 5.41. The van der Waals surface area contributed by atoms with E-state index in [1.54, 1.807) is 26.0 Å². The van der Waals surface area contributed by atoms with Crippen LogP contribution >= 0.6 is 0 Å². The largest absolute Gasteiger partial charge is 0.325 e. The molecule has 0 N–H and O–H groups in total. The van der Waals surface area contributed by atoms with E-state index in [1.165, 1.54) is 18.9 Å². The van der Waals surface area contributed by atoms with Crippen LogP contribution in [0.3, 0.4) is 0 Å². The molecule has 1 atom stereocenters. The maximum absolute atomic E-state index is 14.1. The number of benzene rings is 1. The third-order valence-electron chi connectivity index (χ3n) is 5.41. The highest BCUT2D eigenvalue weighted by atomic mass is 19.3. The molecule has 1 saturated carbocycles. The first-order chi connectivity index (χ1) is 13.1. The van der Waals surface area contributed by atoms with Gasteiger partial charge in [0.2, 0.25) is 0 Å². The van der Waals surface area contributed by atoms with Gasteiger partial charge in [-0.15, -0.1) is 0 Å². The Morgan fingerprint density at radius 3 is 2.14 bits per heavy atom. The minimum absolute atomic E-state index is 0.0229. The van der Waals surface area contributed by atoms with E-state index in [0.29, 0.717) is 17.8 Å². The van der Waals surface area contributed by atoms with Gasteiger partial charge in [0.15, 0.2) is 5.82 Å². The number of nitrogens with zero attached hydrogens (tertiary/aromatic N) is 2. The van der Waals surface area contributed by atoms with E-state index in [1.807, 2.05) is 32.3 Å². The molecule has 5 heteroatoms. The number of halogens is 3. The van der Waals surface area contributed by atoms with Crippen LogP contribution in [0, 0.1) is 11.7 Å². The number of aromatic nitrogens is 2. The van der Waals surface area contributed by atoms with Crippen molar-refractivity contribution in [3.63, 3.8) is 0 Å².